The van der Waals surface area contributed by atoms with Gasteiger partial charge in [-0.05, 0) is 18.6 Å². The van der Waals surface area contributed by atoms with Gasteiger partial charge in [0.25, 0.3) is 5.91 Å². The molecule has 0 radical (unpaired) electrons. The number of carbonyl (C=O) groups excluding carboxylic acids is 1. The first kappa shape index (κ1) is 15.5. The lowest BCUT2D eigenvalue weighted by molar-refractivity contribution is -0.141. The SMILES string of the molecule is Cc1ccccc1C(=O)N1CCN(CC(C)C(=O)O)CC1. The van der Waals surface area contributed by atoms with Gasteiger partial charge in [0, 0.05) is 38.3 Å². The minimum absolute atomic E-state index is 0.0685. The van der Waals surface area contributed by atoms with E-state index in [2.05, 4.69) is 4.90 Å². The minimum atomic E-state index is -0.770. The highest BCUT2D eigenvalue weighted by atomic mass is 16.4. The maximum atomic E-state index is 12.5. The van der Waals surface area contributed by atoms with Crippen molar-refractivity contribution < 1.29 is 14.7 Å². The van der Waals surface area contributed by atoms with Crippen molar-refractivity contribution in [3.8, 4) is 0 Å². The highest BCUT2D eigenvalue weighted by Gasteiger charge is 2.24. The molecule has 1 atom stereocenters. The summed E-state index contributed by atoms with van der Waals surface area (Å²) in [5, 5.41) is 8.94. The Hall–Kier alpha value is -1.88. The molecule has 1 saturated heterocycles. The summed E-state index contributed by atoms with van der Waals surface area (Å²) in [5.41, 5.74) is 1.74. The van der Waals surface area contributed by atoms with Crippen LogP contribution in [0.4, 0.5) is 0 Å². The Bertz CT molecular complexity index is 522. The molecule has 1 aromatic rings. The normalized spacial score (nSPS) is 17.5. The van der Waals surface area contributed by atoms with Crippen LogP contribution in [0.2, 0.25) is 0 Å². The summed E-state index contributed by atoms with van der Waals surface area (Å²) >= 11 is 0. The summed E-state index contributed by atoms with van der Waals surface area (Å²) in [5.74, 6) is -1.07. The molecule has 114 valence electrons. The third kappa shape index (κ3) is 3.82. The molecule has 1 N–H and O–H groups in total. The van der Waals surface area contributed by atoms with Gasteiger partial charge in [0.1, 0.15) is 0 Å². The summed E-state index contributed by atoms with van der Waals surface area (Å²) < 4.78 is 0. The second kappa shape index (κ2) is 6.72. The van der Waals surface area contributed by atoms with Crippen LogP contribution in [0.25, 0.3) is 0 Å². The minimum Gasteiger partial charge on any atom is -0.481 e. The number of piperazine rings is 1. The molecule has 1 amide bonds. The first-order valence-electron chi connectivity index (χ1n) is 7.29. The molecule has 5 nitrogen and oxygen atoms in total. The van der Waals surface area contributed by atoms with Crippen LogP contribution in [-0.2, 0) is 4.79 Å². The van der Waals surface area contributed by atoms with Crippen molar-refractivity contribution in [2.45, 2.75) is 13.8 Å². The standard InChI is InChI=1S/C16H22N2O3/c1-12-5-3-4-6-14(12)15(19)18-9-7-17(8-10-18)11-13(2)16(20)21/h3-6,13H,7-11H2,1-2H3,(H,20,21). The lowest BCUT2D eigenvalue weighted by Gasteiger charge is -2.35. The highest BCUT2D eigenvalue weighted by molar-refractivity contribution is 5.95. The van der Waals surface area contributed by atoms with Crippen molar-refractivity contribution in [2.24, 2.45) is 5.92 Å². The molecular formula is C16H22N2O3. The number of benzene rings is 1. The van der Waals surface area contributed by atoms with Gasteiger partial charge in [-0.1, -0.05) is 25.1 Å². The van der Waals surface area contributed by atoms with Crippen LogP contribution in [0.5, 0.6) is 0 Å². The molecule has 1 aliphatic rings. The number of nitrogens with zero attached hydrogens (tertiary/aromatic N) is 2. The van der Waals surface area contributed by atoms with E-state index in [-0.39, 0.29) is 11.8 Å². The van der Waals surface area contributed by atoms with Crippen LogP contribution in [0.3, 0.4) is 0 Å². The van der Waals surface area contributed by atoms with Crippen LogP contribution in [0.15, 0.2) is 24.3 Å². The lowest BCUT2D eigenvalue weighted by atomic mass is 10.1. The van der Waals surface area contributed by atoms with Gasteiger partial charge in [-0.25, -0.2) is 0 Å². The highest BCUT2D eigenvalue weighted by Crippen LogP contribution is 2.13. The quantitative estimate of drug-likeness (QED) is 0.912. The predicted molar refractivity (Wildman–Crippen MR) is 80.3 cm³/mol. The molecule has 0 aromatic heterocycles. The Morgan fingerprint density at radius 2 is 1.81 bits per heavy atom. The zero-order valence-electron chi connectivity index (χ0n) is 12.6. The zero-order chi connectivity index (χ0) is 15.4. The summed E-state index contributed by atoms with van der Waals surface area (Å²) in [7, 11) is 0. The number of rotatable bonds is 4. The van der Waals surface area contributed by atoms with Gasteiger partial charge in [-0.2, -0.15) is 0 Å². The molecule has 0 spiro atoms. The monoisotopic (exact) mass is 290 g/mol. The number of carboxylic acids is 1. The van der Waals surface area contributed by atoms with E-state index in [1.807, 2.05) is 36.1 Å². The molecule has 5 heteroatoms. The number of aliphatic carboxylic acids is 1. The third-order valence-corrected chi connectivity index (χ3v) is 3.99. The van der Waals surface area contributed by atoms with E-state index in [0.717, 1.165) is 24.2 Å². The largest absolute Gasteiger partial charge is 0.481 e. The van der Waals surface area contributed by atoms with Gasteiger partial charge < -0.3 is 10.0 Å². The van der Waals surface area contributed by atoms with Gasteiger partial charge in [0.15, 0.2) is 0 Å². The van der Waals surface area contributed by atoms with Gasteiger partial charge in [-0.15, -0.1) is 0 Å². The van der Waals surface area contributed by atoms with Crippen LogP contribution in [0.1, 0.15) is 22.8 Å². The van der Waals surface area contributed by atoms with Gasteiger partial charge in [0.05, 0.1) is 5.92 Å². The Balaban J connectivity index is 1.91. The number of amides is 1. The zero-order valence-corrected chi connectivity index (χ0v) is 12.6. The fraction of sp³-hybridized carbons (Fsp3) is 0.500. The van der Waals surface area contributed by atoms with E-state index in [1.165, 1.54) is 0 Å². The topological polar surface area (TPSA) is 60.9 Å². The van der Waals surface area contributed by atoms with E-state index in [4.69, 9.17) is 5.11 Å². The second-order valence-corrected chi connectivity index (χ2v) is 5.65. The average molecular weight is 290 g/mol. The van der Waals surface area contributed by atoms with Crippen LogP contribution < -0.4 is 0 Å². The fourth-order valence-electron chi connectivity index (χ4n) is 2.58. The molecule has 2 rings (SSSR count). The van der Waals surface area contributed by atoms with Gasteiger partial charge in [-0.3, -0.25) is 14.5 Å². The summed E-state index contributed by atoms with van der Waals surface area (Å²) in [6.07, 6.45) is 0. The van der Waals surface area contributed by atoms with Crippen molar-refractivity contribution in [1.29, 1.82) is 0 Å². The first-order chi connectivity index (χ1) is 9.99. The first-order valence-corrected chi connectivity index (χ1v) is 7.29. The van der Waals surface area contributed by atoms with Crippen molar-refractivity contribution in [3.63, 3.8) is 0 Å². The number of hydrogen-bond acceptors (Lipinski definition) is 3. The van der Waals surface area contributed by atoms with E-state index in [9.17, 15) is 9.59 Å². The Kier molecular flexibility index (Phi) is 4.96. The maximum Gasteiger partial charge on any atom is 0.307 e. The summed E-state index contributed by atoms with van der Waals surface area (Å²) in [6.45, 7) is 6.97. The molecule has 1 fully saturated rings. The average Bonchev–Trinajstić information content (AvgIpc) is 2.47. The lowest BCUT2D eigenvalue weighted by Crippen LogP contribution is -2.50. The Morgan fingerprint density at radius 1 is 1.19 bits per heavy atom. The number of hydrogen-bond donors (Lipinski definition) is 1. The summed E-state index contributed by atoms with van der Waals surface area (Å²) in [6, 6.07) is 7.61. The van der Waals surface area contributed by atoms with Crippen molar-refractivity contribution >= 4 is 11.9 Å². The van der Waals surface area contributed by atoms with Crippen molar-refractivity contribution in [1.82, 2.24) is 9.80 Å². The molecule has 1 aromatic carbocycles. The summed E-state index contributed by atoms with van der Waals surface area (Å²) in [4.78, 5) is 27.3. The molecule has 21 heavy (non-hydrogen) atoms. The molecule has 0 bridgehead atoms. The van der Waals surface area contributed by atoms with E-state index < -0.39 is 5.97 Å². The molecule has 0 saturated carbocycles. The smallest absolute Gasteiger partial charge is 0.307 e. The maximum absolute atomic E-state index is 12.5. The van der Waals surface area contributed by atoms with E-state index >= 15 is 0 Å². The predicted octanol–water partition coefficient (Wildman–Crippen LogP) is 1.47. The Labute approximate surface area is 125 Å². The van der Waals surface area contributed by atoms with Crippen LogP contribution in [0, 0.1) is 12.8 Å². The van der Waals surface area contributed by atoms with Crippen molar-refractivity contribution in [2.75, 3.05) is 32.7 Å². The molecule has 1 heterocycles. The molecule has 1 unspecified atom stereocenters. The van der Waals surface area contributed by atoms with Crippen LogP contribution >= 0.6 is 0 Å². The molecule has 0 aliphatic carbocycles. The number of carbonyl (C=O) groups is 2. The second-order valence-electron chi connectivity index (χ2n) is 5.65. The molecular weight excluding hydrogens is 268 g/mol. The van der Waals surface area contributed by atoms with Crippen LogP contribution in [-0.4, -0.2) is 59.5 Å². The van der Waals surface area contributed by atoms with Crippen molar-refractivity contribution in [3.05, 3.63) is 35.4 Å². The fourth-order valence-corrected chi connectivity index (χ4v) is 2.58. The number of carboxylic acid groups (broad SMARTS) is 1. The Morgan fingerprint density at radius 3 is 2.38 bits per heavy atom. The molecule has 1 aliphatic heterocycles. The van der Waals surface area contributed by atoms with Gasteiger partial charge in [0.2, 0.25) is 0 Å². The third-order valence-electron chi connectivity index (χ3n) is 3.99. The number of aryl methyl sites for hydroxylation is 1. The van der Waals surface area contributed by atoms with E-state index in [1.54, 1.807) is 6.92 Å². The van der Waals surface area contributed by atoms with E-state index in [0.29, 0.717) is 19.6 Å². The van der Waals surface area contributed by atoms with Gasteiger partial charge >= 0.3 is 5.97 Å².